The minimum Gasteiger partial charge on any atom is -0.493 e. The number of rotatable bonds is 14. The van der Waals surface area contributed by atoms with Gasteiger partial charge in [0.15, 0.2) is 0 Å². The third-order valence-corrected chi connectivity index (χ3v) is 7.60. The lowest BCUT2D eigenvalue weighted by molar-refractivity contribution is 0.0696. The second-order valence-corrected chi connectivity index (χ2v) is 9.26. The van der Waals surface area contributed by atoms with Crippen molar-refractivity contribution in [3.8, 4) is 16.9 Å². The van der Waals surface area contributed by atoms with E-state index in [0.717, 1.165) is 34.9 Å². The fraction of sp³-hybridized carbons (Fsp3) is 0.478. The highest BCUT2D eigenvalue weighted by Gasteiger charge is 2.39. The maximum Gasteiger partial charge on any atom is 0.501 e. The molecular weight excluding hydrogens is 384 g/mol. The molecule has 0 saturated carbocycles. The van der Waals surface area contributed by atoms with E-state index in [1.807, 2.05) is 51.1 Å². The number of hydrogen-bond donors (Lipinski definition) is 0. The number of methoxy groups -OCH3 is 1. The number of benzene rings is 2. The number of ether oxygens (including phenoxy) is 2. The zero-order valence-electron chi connectivity index (χ0n) is 18.1. The third-order valence-electron chi connectivity index (χ3n) is 4.45. The number of para-hydroxylation sites is 1. The summed E-state index contributed by atoms with van der Waals surface area (Å²) >= 11 is 0. The lowest BCUT2D eigenvalue weighted by Crippen LogP contribution is -2.46. The molecule has 0 fully saturated rings. The average molecular weight is 419 g/mol. The summed E-state index contributed by atoms with van der Waals surface area (Å²) in [5, 5.41) is 0. The Bertz CT molecular complexity index is 691. The van der Waals surface area contributed by atoms with Crippen LogP contribution in [0, 0.1) is 0 Å². The van der Waals surface area contributed by atoms with E-state index in [1.165, 1.54) is 0 Å². The van der Waals surface area contributed by atoms with Crippen LogP contribution in [0.3, 0.4) is 0 Å². The summed E-state index contributed by atoms with van der Waals surface area (Å²) in [4.78, 5) is 0. The summed E-state index contributed by atoms with van der Waals surface area (Å²) in [6.45, 7) is 8.75. The van der Waals surface area contributed by atoms with Gasteiger partial charge in [-0.2, -0.15) is 0 Å². The van der Waals surface area contributed by atoms with Crippen molar-refractivity contribution < 1.29 is 22.8 Å². The van der Waals surface area contributed by atoms with E-state index in [0.29, 0.717) is 33.0 Å². The molecule has 0 radical (unpaired) electrons. The number of hydrogen-bond acceptors (Lipinski definition) is 5. The maximum absolute atomic E-state index is 6.28. The van der Waals surface area contributed by atoms with Crippen LogP contribution in [0.2, 0.25) is 6.04 Å². The minimum absolute atomic E-state index is 0.505. The fourth-order valence-corrected chi connectivity index (χ4v) is 5.91. The molecule has 0 saturated heterocycles. The van der Waals surface area contributed by atoms with E-state index in [-0.39, 0.29) is 0 Å². The van der Waals surface area contributed by atoms with Crippen molar-refractivity contribution in [1.82, 2.24) is 0 Å². The van der Waals surface area contributed by atoms with Crippen molar-refractivity contribution in [3.05, 3.63) is 54.1 Å². The summed E-state index contributed by atoms with van der Waals surface area (Å²) in [5.41, 5.74) is 3.24. The van der Waals surface area contributed by atoms with Crippen molar-refractivity contribution >= 4 is 8.80 Å². The van der Waals surface area contributed by atoms with Crippen LogP contribution in [-0.4, -0.2) is 42.3 Å². The van der Waals surface area contributed by atoms with Gasteiger partial charge in [0.1, 0.15) is 5.75 Å². The normalized spacial score (nSPS) is 11.6. The first kappa shape index (κ1) is 23.6. The standard InChI is InChI=1S/C23H34O5Si/c1-5-26-29(27-6-2,28-7-3)18-12-17-25-23-21(19-24-4)15-11-16-22(23)20-13-9-8-10-14-20/h8-11,13-16H,5-7,12,17-19H2,1-4H3. The zero-order valence-corrected chi connectivity index (χ0v) is 19.1. The molecule has 0 atom stereocenters. The smallest absolute Gasteiger partial charge is 0.493 e. The predicted molar refractivity (Wildman–Crippen MR) is 118 cm³/mol. The van der Waals surface area contributed by atoms with Gasteiger partial charge in [0, 0.05) is 44.1 Å². The van der Waals surface area contributed by atoms with Crippen molar-refractivity contribution in [2.45, 2.75) is 39.8 Å². The summed E-state index contributed by atoms with van der Waals surface area (Å²) in [7, 11) is -0.945. The van der Waals surface area contributed by atoms with Crippen molar-refractivity contribution in [1.29, 1.82) is 0 Å². The molecule has 2 rings (SSSR count). The van der Waals surface area contributed by atoms with Gasteiger partial charge in [-0.25, -0.2) is 0 Å². The van der Waals surface area contributed by atoms with Crippen LogP contribution in [-0.2, 0) is 24.6 Å². The molecule has 0 bridgehead atoms. The van der Waals surface area contributed by atoms with Crippen LogP contribution < -0.4 is 4.74 Å². The Morgan fingerprint density at radius 2 is 1.45 bits per heavy atom. The Balaban J connectivity index is 2.12. The zero-order chi connectivity index (χ0) is 21.0. The van der Waals surface area contributed by atoms with Crippen LogP contribution in [0.15, 0.2) is 48.5 Å². The minimum atomic E-state index is -2.64. The highest BCUT2D eigenvalue weighted by Crippen LogP contribution is 2.34. The fourth-order valence-electron chi connectivity index (χ4n) is 3.33. The van der Waals surface area contributed by atoms with Gasteiger partial charge >= 0.3 is 8.80 Å². The molecule has 0 unspecified atom stereocenters. The molecule has 2 aromatic rings. The van der Waals surface area contributed by atoms with Crippen molar-refractivity contribution in [2.75, 3.05) is 33.5 Å². The predicted octanol–water partition coefficient (Wildman–Crippen LogP) is 5.32. The average Bonchev–Trinajstić information content (AvgIpc) is 2.73. The molecule has 29 heavy (non-hydrogen) atoms. The highest BCUT2D eigenvalue weighted by atomic mass is 28.4. The molecule has 0 aromatic heterocycles. The molecule has 0 N–H and O–H groups in total. The molecule has 2 aromatic carbocycles. The first-order chi connectivity index (χ1) is 14.2. The van der Waals surface area contributed by atoms with Gasteiger partial charge in [-0.05, 0) is 32.8 Å². The van der Waals surface area contributed by atoms with Crippen LogP contribution in [0.4, 0.5) is 0 Å². The van der Waals surface area contributed by atoms with E-state index in [9.17, 15) is 0 Å². The molecule has 0 aliphatic carbocycles. The summed E-state index contributed by atoms with van der Waals surface area (Å²) in [5.74, 6) is 0.872. The molecular formula is C23H34O5Si. The molecule has 0 amide bonds. The van der Waals surface area contributed by atoms with Gasteiger partial charge in [0.2, 0.25) is 0 Å². The highest BCUT2D eigenvalue weighted by molar-refractivity contribution is 6.60. The van der Waals surface area contributed by atoms with Gasteiger partial charge < -0.3 is 22.8 Å². The summed E-state index contributed by atoms with van der Waals surface area (Å²) < 4.78 is 29.5. The van der Waals surface area contributed by atoms with Crippen molar-refractivity contribution in [2.24, 2.45) is 0 Å². The Kier molecular flexibility index (Phi) is 10.4. The van der Waals surface area contributed by atoms with Gasteiger partial charge in [-0.15, -0.1) is 0 Å². The topological polar surface area (TPSA) is 46.2 Å². The largest absolute Gasteiger partial charge is 0.501 e. The molecule has 160 valence electrons. The quantitative estimate of drug-likeness (QED) is 0.307. The van der Waals surface area contributed by atoms with E-state index in [1.54, 1.807) is 7.11 Å². The Morgan fingerprint density at radius 3 is 2.03 bits per heavy atom. The van der Waals surface area contributed by atoms with Crippen LogP contribution in [0.1, 0.15) is 32.8 Å². The van der Waals surface area contributed by atoms with Gasteiger partial charge in [-0.1, -0.05) is 48.5 Å². The van der Waals surface area contributed by atoms with Crippen LogP contribution in [0.25, 0.3) is 11.1 Å². The first-order valence-electron chi connectivity index (χ1n) is 10.4. The molecule has 6 heteroatoms. The lowest BCUT2D eigenvalue weighted by atomic mass is 10.0. The molecule has 0 spiro atoms. The van der Waals surface area contributed by atoms with Gasteiger partial charge in [0.05, 0.1) is 13.2 Å². The second kappa shape index (κ2) is 12.8. The molecule has 0 aliphatic rings. The molecule has 0 heterocycles. The third kappa shape index (κ3) is 6.94. The Labute approximate surface area is 176 Å². The maximum atomic E-state index is 6.28. The van der Waals surface area contributed by atoms with Gasteiger partial charge in [0.25, 0.3) is 0 Å². The first-order valence-corrected chi connectivity index (χ1v) is 12.3. The van der Waals surface area contributed by atoms with Crippen molar-refractivity contribution in [3.63, 3.8) is 0 Å². The van der Waals surface area contributed by atoms with Gasteiger partial charge in [-0.3, -0.25) is 0 Å². The van der Waals surface area contributed by atoms with E-state index in [4.69, 9.17) is 22.8 Å². The van der Waals surface area contributed by atoms with E-state index in [2.05, 4.69) is 18.2 Å². The Hall–Kier alpha value is -1.70. The molecule has 5 nitrogen and oxygen atoms in total. The Morgan fingerprint density at radius 1 is 0.793 bits per heavy atom. The summed E-state index contributed by atoms with van der Waals surface area (Å²) in [6, 6.07) is 17.2. The van der Waals surface area contributed by atoms with E-state index >= 15 is 0 Å². The van der Waals surface area contributed by atoms with Crippen LogP contribution in [0.5, 0.6) is 5.75 Å². The van der Waals surface area contributed by atoms with E-state index < -0.39 is 8.80 Å². The monoisotopic (exact) mass is 418 g/mol. The SMILES string of the molecule is CCO[Si](CCCOc1c(COC)cccc1-c1ccccc1)(OCC)OCC. The lowest BCUT2D eigenvalue weighted by Gasteiger charge is -2.28. The van der Waals surface area contributed by atoms with Crippen LogP contribution >= 0.6 is 0 Å². The summed E-state index contributed by atoms with van der Waals surface area (Å²) in [6.07, 6.45) is 0.793. The second-order valence-electron chi connectivity index (χ2n) is 6.53. The molecule has 0 aliphatic heterocycles.